The SMILES string of the molecule is CCCN1CCC[C@H]1c1cccnc1N. The Balaban J connectivity index is 2.19. The molecule has 0 radical (unpaired) electrons. The van der Waals surface area contributed by atoms with Crippen molar-refractivity contribution in [2.75, 3.05) is 18.8 Å². The summed E-state index contributed by atoms with van der Waals surface area (Å²) in [7, 11) is 0. The second-order valence-electron chi connectivity index (χ2n) is 4.17. The van der Waals surface area contributed by atoms with Gasteiger partial charge in [-0.15, -0.1) is 0 Å². The number of hydrogen-bond donors (Lipinski definition) is 1. The highest BCUT2D eigenvalue weighted by atomic mass is 15.2. The van der Waals surface area contributed by atoms with Crippen molar-refractivity contribution in [3.63, 3.8) is 0 Å². The minimum Gasteiger partial charge on any atom is -0.383 e. The predicted molar refractivity (Wildman–Crippen MR) is 62.5 cm³/mol. The third-order valence-corrected chi connectivity index (χ3v) is 3.10. The zero-order valence-electron chi connectivity index (χ0n) is 9.32. The van der Waals surface area contributed by atoms with Gasteiger partial charge < -0.3 is 5.73 Å². The van der Waals surface area contributed by atoms with Crippen molar-refractivity contribution in [1.82, 2.24) is 9.88 Å². The predicted octanol–water partition coefficient (Wildman–Crippen LogP) is 2.21. The number of hydrogen-bond acceptors (Lipinski definition) is 3. The summed E-state index contributed by atoms with van der Waals surface area (Å²) >= 11 is 0. The second-order valence-corrected chi connectivity index (χ2v) is 4.17. The van der Waals surface area contributed by atoms with Gasteiger partial charge in [0.2, 0.25) is 0 Å². The van der Waals surface area contributed by atoms with Crippen LogP contribution in [0.5, 0.6) is 0 Å². The van der Waals surface area contributed by atoms with E-state index in [1.807, 2.05) is 6.07 Å². The maximum absolute atomic E-state index is 5.92. The van der Waals surface area contributed by atoms with E-state index in [1.54, 1.807) is 6.20 Å². The van der Waals surface area contributed by atoms with Crippen molar-refractivity contribution in [2.24, 2.45) is 0 Å². The number of anilines is 1. The molecule has 0 saturated carbocycles. The van der Waals surface area contributed by atoms with Crippen LogP contribution in [-0.2, 0) is 0 Å². The molecule has 0 unspecified atom stereocenters. The number of rotatable bonds is 3. The van der Waals surface area contributed by atoms with Crippen molar-refractivity contribution in [3.05, 3.63) is 23.9 Å². The average molecular weight is 205 g/mol. The lowest BCUT2D eigenvalue weighted by Crippen LogP contribution is -2.24. The number of nitrogen functional groups attached to an aromatic ring is 1. The van der Waals surface area contributed by atoms with Gasteiger partial charge in [-0.2, -0.15) is 0 Å². The molecule has 0 aliphatic carbocycles. The quantitative estimate of drug-likeness (QED) is 0.822. The van der Waals surface area contributed by atoms with Crippen LogP contribution in [0.2, 0.25) is 0 Å². The minimum atomic E-state index is 0.499. The van der Waals surface area contributed by atoms with Gasteiger partial charge in [0.25, 0.3) is 0 Å². The first-order valence-electron chi connectivity index (χ1n) is 5.77. The Kier molecular flexibility index (Phi) is 3.21. The summed E-state index contributed by atoms with van der Waals surface area (Å²) in [5.74, 6) is 0.700. The average Bonchev–Trinajstić information content (AvgIpc) is 2.67. The molecule has 0 bridgehead atoms. The first kappa shape index (κ1) is 10.4. The highest BCUT2D eigenvalue weighted by Crippen LogP contribution is 2.33. The fraction of sp³-hybridized carbons (Fsp3) is 0.583. The molecule has 1 aliphatic rings. The van der Waals surface area contributed by atoms with Gasteiger partial charge in [0, 0.05) is 17.8 Å². The number of pyridine rings is 1. The summed E-state index contributed by atoms with van der Waals surface area (Å²) in [6.45, 7) is 4.59. The molecular weight excluding hydrogens is 186 g/mol. The Morgan fingerprint density at radius 1 is 1.60 bits per heavy atom. The monoisotopic (exact) mass is 205 g/mol. The number of likely N-dealkylation sites (tertiary alicyclic amines) is 1. The first-order chi connectivity index (χ1) is 7.33. The van der Waals surface area contributed by atoms with Crippen LogP contribution >= 0.6 is 0 Å². The van der Waals surface area contributed by atoms with Crippen LogP contribution in [0.25, 0.3) is 0 Å². The van der Waals surface area contributed by atoms with Gasteiger partial charge in [-0.3, -0.25) is 4.90 Å². The number of nitrogens with zero attached hydrogens (tertiary/aromatic N) is 2. The van der Waals surface area contributed by atoms with Crippen molar-refractivity contribution in [3.8, 4) is 0 Å². The van der Waals surface area contributed by atoms with Gasteiger partial charge in [-0.05, 0) is 38.4 Å². The van der Waals surface area contributed by atoms with E-state index in [1.165, 1.54) is 37.9 Å². The highest BCUT2D eigenvalue weighted by molar-refractivity contribution is 5.41. The molecule has 2 heterocycles. The molecule has 1 atom stereocenters. The Labute approximate surface area is 91.3 Å². The maximum atomic E-state index is 5.92. The van der Waals surface area contributed by atoms with Crippen LogP contribution in [0.3, 0.4) is 0 Å². The normalized spacial score (nSPS) is 22.1. The van der Waals surface area contributed by atoms with Crippen LogP contribution in [0, 0.1) is 0 Å². The fourth-order valence-corrected chi connectivity index (χ4v) is 2.44. The van der Waals surface area contributed by atoms with Gasteiger partial charge in [0.1, 0.15) is 5.82 Å². The standard InChI is InChI=1S/C12H19N3/c1-2-8-15-9-4-6-11(15)10-5-3-7-14-12(10)13/h3,5,7,11H,2,4,6,8-9H2,1H3,(H2,13,14)/t11-/m0/s1. The third-order valence-electron chi connectivity index (χ3n) is 3.10. The summed E-state index contributed by atoms with van der Waals surface area (Å²) in [6.07, 6.45) is 5.46. The van der Waals surface area contributed by atoms with E-state index in [4.69, 9.17) is 5.73 Å². The van der Waals surface area contributed by atoms with Gasteiger partial charge in [-0.25, -0.2) is 4.98 Å². The van der Waals surface area contributed by atoms with Crippen molar-refractivity contribution >= 4 is 5.82 Å². The van der Waals surface area contributed by atoms with E-state index in [-0.39, 0.29) is 0 Å². The molecular formula is C12H19N3. The minimum absolute atomic E-state index is 0.499. The third kappa shape index (κ3) is 2.12. The van der Waals surface area contributed by atoms with Crippen molar-refractivity contribution < 1.29 is 0 Å². The topological polar surface area (TPSA) is 42.2 Å². The molecule has 15 heavy (non-hydrogen) atoms. The van der Waals surface area contributed by atoms with E-state index in [0.717, 1.165) is 0 Å². The lowest BCUT2D eigenvalue weighted by Gasteiger charge is -2.24. The van der Waals surface area contributed by atoms with Gasteiger partial charge in [0.15, 0.2) is 0 Å². The van der Waals surface area contributed by atoms with Crippen LogP contribution in [0.1, 0.15) is 37.8 Å². The zero-order valence-corrected chi connectivity index (χ0v) is 9.32. The summed E-state index contributed by atoms with van der Waals surface area (Å²) in [5, 5.41) is 0. The molecule has 3 heteroatoms. The molecule has 1 saturated heterocycles. The molecule has 1 fully saturated rings. The molecule has 1 aromatic heterocycles. The van der Waals surface area contributed by atoms with Crippen LogP contribution < -0.4 is 5.73 Å². The van der Waals surface area contributed by atoms with Crippen molar-refractivity contribution in [2.45, 2.75) is 32.2 Å². The molecule has 0 amide bonds. The Hall–Kier alpha value is -1.09. The van der Waals surface area contributed by atoms with Gasteiger partial charge in [0.05, 0.1) is 0 Å². The van der Waals surface area contributed by atoms with E-state index in [2.05, 4.69) is 22.9 Å². The molecule has 0 aromatic carbocycles. The summed E-state index contributed by atoms with van der Waals surface area (Å²) < 4.78 is 0. The molecule has 0 spiro atoms. The summed E-state index contributed by atoms with van der Waals surface area (Å²) in [6, 6.07) is 4.59. The number of aromatic nitrogens is 1. The second kappa shape index (κ2) is 4.62. The van der Waals surface area contributed by atoms with E-state index in [0.29, 0.717) is 11.9 Å². The van der Waals surface area contributed by atoms with Crippen molar-refractivity contribution in [1.29, 1.82) is 0 Å². The number of nitrogens with two attached hydrogens (primary N) is 1. The van der Waals surface area contributed by atoms with E-state index in [9.17, 15) is 0 Å². The Morgan fingerprint density at radius 3 is 3.20 bits per heavy atom. The lowest BCUT2D eigenvalue weighted by molar-refractivity contribution is 0.258. The van der Waals surface area contributed by atoms with Crippen LogP contribution in [0.4, 0.5) is 5.82 Å². The molecule has 2 N–H and O–H groups in total. The lowest BCUT2D eigenvalue weighted by atomic mass is 10.1. The van der Waals surface area contributed by atoms with E-state index < -0.39 is 0 Å². The van der Waals surface area contributed by atoms with Gasteiger partial charge in [-0.1, -0.05) is 13.0 Å². The first-order valence-corrected chi connectivity index (χ1v) is 5.77. The summed E-state index contributed by atoms with van der Waals surface area (Å²) in [5.41, 5.74) is 7.13. The Bertz CT molecular complexity index is 324. The van der Waals surface area contributed by atoms with Gasteiger partial charge >= 0.3 is 0 Å². The largest absolute Gasteiger partial charge is 0.383 e. The van der Waals surface area contributed by atoms with Crippen LogP contribution in [-0.4, -0.2) is 23.0 Å². The molecule has 2 rings (SSSR count). The maximum Gasteiger partial charge on any atom is 0.128 e. The fourth-order valence-electron chi connectivity index (χ4n) is 2.44. The smallest absolute Gasteiger partial charge is 0.128 e. The van der Waals surface area contributed by atoms with E-state index >= 15 is 0 Å². The summed E-state index contributed by atoms with van der Waals surface area (Å²) in [4.78, 5) is 6.69. The van der Waals surface area contributed by atoms with Crippen LogP contribution in [0.15, 0.2) is 18.3 Å². The Morgan fingerprint density at radius 2 is 2.47 bits per heavy atom. The molecule has 1 aliphatic heterocycles. The molecule has 1 aromatic rings. The zero-order chi connectivity index (χ0) is 10.7. The highest BCUT2D eigenvalue weighted by Gasteiger charge is 2.26. The molecule has 82 valence electrons. The molecule has 3 nitrogen and oxygen atoms in total.